The largest absolute Gasteiger partial charge is 0.205 e. The summed E-state index contributed by atoms with van der Waals surface area (Å²) in [7, 11) is 0. The van der Waals surface area contributed by atoms with Crippen molar-refractivity contribution < 1.29 is 8.78 Å². The second-order valence-corrected chi connectivity index (χ2v) is 8.98. The van der Waals surface area contributed by atoms with Gasteiger partial charge in [0.15, 0.2) is 0 Å². The van der Waals surface area contributed by atoms with Crippen LogP contribution in [-0.4, -0.2) is 0 Å². The van der Waals surface area contributed by atoms with E-state index in [1.54, 1.807) is 0 Å². The first-order valence-electron chi connectivity index (χ1n) is 12.8. The maximum Gasteiger partial charge on any atom is 0.143 e. The molecule has 0 aliphatic carbocycles. The molecule has 35 heavy (non-hydrogen) atoms. The van der Waals surface area contributed by atoms with Gasteiger partial charge in [-0.05, 0) is 73.2 Å². The maximum absolute atomic E-state index is 14.6. The number of hydrogen-bond donors (Lipinski definition) is 0. The standard InChI is InChI=1S/C33H34F2/c1-3-5-7-8-9-11-27-14-16-28(17-15-27)20-21-30-24-32(34)31(33(35)25-30)23-22-29-18-12-26(13-19-29)10-6-4-2/h12-19,24-25H,3-11H2,1-2H3. The first kappa shape index (κ1) is 26.2. The van der Waals surface area contributed by atoms with Crippen LogP contribution in [-0.2, 0) is 12.8 Å². The number of unbranched alkanes of at least 4 members (excludes halogenated alkanes) is 5. The van der Waals surface area contributed by atoms with Crippen LogP contribution in [0.25, 0.3) is 0 Å². The Balaban J connectivity index is 1.63. The van der Waals surface area contributed by atoms with Gasteiger partial charge in [0, 0.05) is 16.7 Å². The third-order valence-corrected chi connectivity index (χ3v) is 6.02. The molecule has 3 aromatic carbocycles. The Kier molecular flexibility index (Phi) is 10.6. The number of hydrogen-bond acceptors (Lipinski definition) is 0. The molecule has 0 radical (unpaired) electrons. The van der Waals surface area contributed by atoms with E-state index in [9.17, 15) is 8.78 Å². The Morgan fingerprint density at radius 3 is 1.51 bits per heavy atom. The molecule has 0 saturated heterocycles. The highest BCUT2D eigenvalue weighted by Crippen LogP contribution is 2.15. The van der Waals surface area contributed by atoms with Gasteiger partial charge in [-0.3, -0.25) is 0 Å². The smallest absolute Gasteiger partial charge is 0.143 e. The molecule has 0 fully saturated rings. The van der Waals surface area contributed by atoms with Gasteiger partial charge in [0.25, 0.3) is 0 Å². The molecule has 0 amide bonds. The van der Waals surface area contributed by atoms with Crippen molar-refractivity contribution >= 4 is 0 Å². The molecule has 0 unspecified atom stereocenters. The molecule has 0 nitrogen and oxygen atoms in total. The molecule has 3 aromatic rings. The van der Waals surface area contributed by atoms with Crippen molar-refractivity contribution in [2.24, 2.45) is 0 Å². The summed E-state index contributed by atoms with van der Waals surface area (Å²) in [5, 5.41) is 0. The fraction of sp³-hybridized carbons (Fsp3) is 0.333. The van der Waals surface area contributed by atoms with Crippen molar-refractivity contribution in [1.82, 2.24) is 0 Å². The first-order chi connectivity index (χ1) is 17.1. The Labute approximate surface area is 209 Å². The van der Waals surface area contributed by atoms with Gasteiger partial charge < -0.3 is 0 Å². The minimum atomic E-state index is -0.695. The van der Waals surface area contributed by atoms with Crippen LogP contribution in [0.5, 0.6) is 0 Å². The van der Waals surface area contributed by atoms with Gasteiger partial charge in [0.2, 0.25) is 0 Å². The molecule has 0 N–H and O–H groups in total. The number of rotatable bonds is 9. The zero-order valence-corrected chi connectivity index (χ0v) is 20.9. The third-order valence-electron chi connectivity index (χ3n) is 6.02. The molecule has 0 atom stereocenters. The van der Waals surface area contributed by atoms with Gasteiger partial charge >= 0.3 is 0 Å². The molecule has 0 aliphatic heterocycles. The van der Waals surface area contributed by atoms with E-state index in [4.69, 9.17) is 0 Å². The molecule has 0 saturated carbocycles. The van der Waals surface area contributed by atoms with Crippen molar-refractivity contribution in [2.45, 2.75) is 71.6 Å². The lowest BCUT2D eigenvalue weighted by molar-refractivity contribution is 0.577. The molecule has 180 valence electrons. The van der Waals surface area contributed by atoms with E-state index in [-0.39, 0.29) is 5.56 Å². The van der Waals surface area contributed by atoms with Crippen LogP contribution in [0.2, 0.25) is 0 Å². The van der Waals surface area contributed by atoms with Gasteiger partial charge in [0.1, 0.15) is 11.6 Å². The minimum Gasteiger partial charge on any atom is -0.205 e. The predicted octanol–water partition coefficient (Wildman–Crippen LogP) is 8.62. The van der Waals surface area contributed by atoms with E-state index < -0.39 is 11.6 Å². The highest BCUT2D eigenvalue weighted by atomic mass is 19.1. The number of halogens is 2. The summed E-state index contributed by atoms with van der Waals surface area (Å²) < 4.78 is 29.2. The zero-order valence-electron chi connectivity index (χ0n) is 20.9. The Bertz CT molecular complexity index is 1170. The minimum absolute atomic E-state index is 0.228. The average Bonchev–Trinajstić information content (AvgIpc) is 2.87. The normalized spacial score (nSPS) is 10.3. The lowest BCUT2D eigenvalue weighted by atomic mass is 10.0. The third kappa shape index (κ3) is 8.73. The topological polar surface area (TPSA) is 0 Å². The fourth-order valence-electron chi connectivity index (χ4n) is 3.87. The molecule has 0 aromatic heterocycles. The van der Waals surface area contributed by atoms with Gasteiger partial charge in [-0.2, -0.15) is 0 Å². The van der Waals surface area contributed by atoms with E-state index in [2.05, 4.69) is 49.7 Å². The summed E-state index contributed by atoms with van der Waals surface area (Å²) >= 11 is 0. The zero-order chi connectivity index (χ0) is 24.9. The summed E-state index contributed by atoms with van der Waals surface area (Å²) in [4.78, 5) is 0. The highest BCUT2D eigenvalue weighted by molar-refractivity contribution is 5.49. The Hall–Kier alpha value is -3.36. The van der Waals surface area contributed by atoms with Crippen LogP contribution >= 0.6 is 0 Å². The predicted molar refractivity (Wildman–Crippen MR) is 142 cm³/mol. The van der Waals surface area contributed by atoms with Gasteiger partial charge in [-0.25, -0.2) is 8.78 Å². The van der Waals surface area contributed by atoms with Crippen LogP contribution in [0.1, 0.15) is 92.2 Å². The lowest BCUT2D eigenvalue weighted by Crippen LogP contribution is -1.93. The first-order valence-corrected chi connectivity index (χ1v) is 12.8. The maximum atomic E-state index is 14.6. The Morgan fingerprint density at radius 2 is 0.971 bits per heavy atom. The van der Waals surface area contributed by atoms with Crippen LogP contribution in [0.15, 0.2) is 60.7 Å². The molecular formula is C33H34F2. The van der Waals surface area contributed by atoms with Crippen molar-refractivity contribution in [3.8, 4) is 23.7 Å². The molecule has 2 heteroatoms. The van der Waals surface area contributed by atoms with E-state index in [1.165, 1.54) is 55.4 Å². The van der Waals surface area contributed by atoms with Crippen LogP contribution in [0, 0.1) is 35.3 Å². The van der Waals surface area contributed by atoms with Crippen LogP contribution < -0.4 is 0 Å². The highest BCUT2D eigenvalue weighted by Gasteiger charge is 2.08. The van der Waals surface area contributed by atoms with E-state index in [1.807, 2.05) is 36.4 Å². The van der Waals surface area contributed by atoms with Crippen molar-refractivity contribution in [3.63, 3.8) is 0 Å². The monoisotopic (exact) mass is 468 g/mol. The quantitative estimate of drug-likeness (QED) is 0.218. The Morgan fingerprint density at radius 1 is 0.514 bits per heavy atom. The van der Waals surface area contributed by atoms with Crippen LogP contribution in [0.4, 0.5) is 8.78 Å². The second kappa shape index (κ2) is 14.1. The molecule has 3 rings (SSSR count). The molecule has 0 heterocycles. The summed E-state index contributed by atoms with van der Waals surface area (Å²) in [6.45, 7) is 4.38. The van der Waals surface area contributed by atoms with E-state index >= 15 is 0 Å². The number of aryl methyl sites for hydroxylation is 2. The van der Waals surface area contributed by atoms with Crippen molar-refractivity contribution in [2.75, 3.05) is 0 Å². The number of benzene rings is 3. The SMILES string of the molecule is CCCCCCCc1ccc(C#Cc2cc(F)c(C#Cc3ccc(CCCC)cc3)c(F)c2)cc1. The fourth-order valence-corrected chi connectivity index (χ4v) is 3.87. The summed E-state index contributed by atoms with van der Waals surface area (Å²) in [6, 6.07) is 18.4. The summed E-state index contributed by atoms with van der Waals surface area (Å²) in [5.41, 5.74) is 4.17. The van der Waals surface area contributed by atoms with E-state index in [0.29, 0.717) is 5.56 Å². The van der Waals surface area contributed by atoms with Crippen molar-refractivity contribution in [1.29, 1.82) is 0 Å². The van der Waals surface area contributed by atoms with Gasteiger partial charge in [-0.1, -0.05) is 93.9 Å². The van der Waals surface area contributed by atoms with Crippen molar-refractivity contribution in [3.05, 3.63) is 106 Å². The molecule has 0 bridgehead atoms. The molecule has 0 spiro atoms. The summed E-state index contributed by atoms with van der Waals surface area (Å²) in [5.74, 6) is 10.0. The van der Waals surface area contributed by atoms with Crippen LogP contribution in [0.3, 0.4) is 0 Å². The van der Waals surface area contributed by atoms with Gasteiger partial charge in [-0.15, -0.1) is 0 Å². The summed E-state index contributed by atoms with van der Waals surface area (Å²) in [6.07, 6.45) is 10.7. The lowest BCUT2D eigenvalue weighted by Gasteiger charge is -2.02. The van der Waals surface area contributed by atoms with Gasteiger partial charge in [0.05, 0.1) is 5.56 Å². The van der Waals surface area contributed by atoms with E-state index in [0.717, 1.165) is 36.8 Å². The average molecular weight is 469 g/mol. The molecular weight excluding hydrogens is 434 g/mol. The molecule has 0 aliphatic rings. The second-order valence-electron chi connectivity index (χ2n) is 8.98.